The summed E-state index contributed by atoms with van der Waals surface area (Å²) in [6.45, 7) is 26.7. The van der Waals surface area contributed by atoms with Crippen LogP contribution in [0.4, 0.5) is 0 Å². The summed E-state index contributed by atoms with van der Waals surface area (Å²) in [5.41, 5.74) is 3.92. The van der Waals surface area contributed by atoms with Crippen LogP contribution in [-0.2, 0) is 17.6 Å². The van der Waals surface area contributed by atoms with Gasteiger partial charge < -0.3 is 20.9 Å². The predicted octanol–water partition coefficient (Wildman–Crippen LogP) is 6.61. The number of nitrogens with zero attached hydrogens (tertiary/aromatic N) is 5. The number of carbonyl (C=O) groups is 2. The number of nitriles is 1. The molecule has 2 aromatic carbocycles. The molecule has 0 aliphatic carbocycles. The normalized spacial score (nSPS) is 13.5. The third-order valence-electron chi connectivity index (χ3n) is 7.62. The van der Waals surface area contributed by atoms with Crippen molar-refractivity contribution in [3.05, 3.63) is 89.8 Å². The number of H-pyrrole nitrogens is 1. The number of rotatable bonds is 14. The first-order valence-electron chi connectivity index (χ1n) is 18.6. The van der Waals surface area contributed by atoms with Crippen LogP contribution in [0.3, 0.4) is 0 Å². The molecule has 2 amide bonds. The molecule has 1 fully saturated rings. The van der Waals surface area contributed by atoms with E-state index < -0.39 is 0 Å². The maximum absolute atomic E-state index is 12.8. The van der Waals surface area contributed by atoms with Gasteiger partial charge in [0.25, 0.3) is 5.91 Å². The van der Waals surface area contributed by atoms with Crippen molar-refractivity contribution in [2.75, 3.05) is 26.2 Å². The molecule has 3 aromatic rings. The molecule has 0 spiro atoms. The fourth-order valence-corrected chi connectivity index (χ4v) is 5.46. The highest BCUT2D eigenvalue weighted by molar-refractivity contribution is 5.94. The van der Waals surface area contributed by atoms with Crippen LogP contribution in [-0.4, -0.2) is 81.6 Å². The van der Waals surface area contributed by atoms with Crippen molar-refractivity contribution >= 4 is 11.8 Å². The van der Waals surface area contributed by atoms with Crippen molar-refractivity contribution in [1.82, 2.24) is 41.5 Å². The number of tetrazole rings is 1. The summed E-state index contributed by atoms with van der Waals surface area (Å²) in [5, 5.41) is 33.6. The zero-order chi connectivity index (χ0) is 38.6. The first-order valence-corrected chi connectivity index (χ1v) is 18.6. The number of nitrogens with one attached hydrogen (secondary N) is 4. The zero-order valence-corrected chi connectivity index (χ0v) is 32.8. The smallest absolute Gasteiger partial charge is 0.251 e. The first kappa shape index (κ1) is 46.6. The summed E-state index contributed by atoms with van der Waals surface area (Å²) in [5.74, 6) is 0.219. The second kappa shape index (κ2) is 28.3. The Morgan fingerprint density at radius 3 is 2.25 bits per heavy atom. The molecule has 0 saturated carbocycles. The van der Waals surface area contributed by atoms with Crippen LogP contribution < -0.4 is 16.0 Å². The van der Waals surface area contributed by atoms with Crippen molar-refractivity contribution in [3.8, 4) is 6.07 Å². The lowest BCUT2D eigenvalue weighted by Gasteiger charge is -2.21. The molecule has 1 saturated heterocycles. The third kappa shape index (κ3) is 17.4. The molecule has 2 atom stereocenters. The van der Waals surface area contributed by atoms with Crippen LogP contribution >= 0.6 is 0 Å². The van der Waals surface area contributed by atoms with E-state index in [4.69, 9.17) is 0 Å². The Bertz CT molecular complexity index is 1370. The Labute approximate surface area is 308 Å². The third-order valence-corrected chi connectivity index (χ3v) is 7.62. The van der Waals surface area contributed by atoms with Gasteiger partial charge in [0, 0.05) is 30.1 Å². The molecule has 11 heteroatoms. The standard InChI is InChI=1S/C29H36N8O2.C5H13N.2C2H6.C2H4/c1-20(2)32-29(39)23-12-13-25(22(17-23)11-10-21-7-4-3-5-8-21)26(28-33-35-36-34-28)14-15-31-19-27(38)37-16-6-9-24(37)18-30;1-4-6-5(2)3;3*1-2/h3-5,7-8,12-13,17,20,24,26,31H,6,9-11,14-16,19H2,1-2H3,(H,32,39)(H,33,34,35,36);5-6H,4H2,1-3H3;2*1-2H3;1-2H2. The second-order valence-electron chi connectivity index (χ2n) is 11.9. The van der Waals surface area contributed by atoms with E-state index in [9.17, 15) is 14.9 Å². The number of benzene rings is 2. The second-order valence-corrected chi connectivity index (χ2v) is 11.9. The van der Waals surface area contributed by atoms with Crippen LogP contribution in [0, 0.1) is 11.3 Å². The summed E-state index contributed by atoms with van der Waals surface area (Å²) >= 11 is 0. The predicted molar refractivity (Wildman–Crippen MR) is 210 cm³/mol. The molecule has 4 rings (SSSR count). The van der Waals surface area contributed by atoms with E-state index >= 15 is 0 Å². The van der Waals surface area contributed by atoms with Crippen LogP contribution in [0.5, 0.6) is 0 Å². The SMILES string of the molecule is C=C.CC.CC.CC(C)NC(=O)c1ccc(C(CCNCC(=O)N2CCCC2C#N)c2nn[nH]n2)c(CCc2ccccc2)c1.CCNC(C)C. The first-order chi connectivity index (χ1) is 24.7. The van der Waals surface area contributed by atoms with Gasteiger partial charge in [0.2, 0.25) is 5.91 Å². The van der Waals surface area contributed by atoms with Gasteiger partial charge in [0.05, 0.1) is 12.6 Å². The summed E-state index contributed by atoms with van der Waals surface area (Å²) in [6, 6.07) is 18.6. The zero-order valence-electron chi connectivity index (χ0n) is 32.8. The number of carbonyl (C=O) groups excluding carboxylic acids is 2. The average molecular weight is 704 g/mol. The lowest BCUT2D eigenvalue weighted by atomic mass is 9.87. The number of likely N-dealkylation sites (tertiary alicyclic amines) is 1. The lowest BCUT2D eigenvalue weighted by molar-refractivity contribution is -0.130. The van der Waals surface area contributed by atoms with E-state index in [1.165, 1.54) is 5.56 Å². The maximum atomic E-state index is 12.8. The molecule has 282 valence electrons. The van der Waals surface area contributed by atoms with Crippen molar-refractivity contribution in [3.63, 3.8) is 0 Å². The van der Waals surface area contributed by atoms with E-state index in [0.29, 0.717) is 36.9 Å². The molecule has 2 unspecified atom stereocenters. The van der Waals surface area contributed by atoms with Gasteiger partial charge in [-0.3, -0.25) is 9.59 Å². The van der Waals surface area contributed by atoms with Crippen LogP contribution in [0.2, 0.25) is 0 Å². The van der Waals surface area contributed by atoms with Crippen molar-refractivity contribution < 1.29 is 9.59 Å². The van der Waals surface area contributed by atoms with E-state index in [1.807, 2.05) is 77.9 Å². The van der Waals surface area contributed by atoms with Gasteiger partial charge in [0.1, 0.15) is 6.04 Å². The van der Waals surface area contributed by atoms with E-state index in [0.717, 1.165) is 43.4 Å². The molecule has 51 heavy (non-hydrogen) atoms. The highest BCUT2D eigenvalue weighted by Crippen LogP contribution is 2.30. The Hall–Kier alpha value is -4.40. The highest BCUT2D eigenvalue weighted by Gasteiger charge is 2.28. The average Bonchev–Trinajstić information content (AvgIpc) is 3.87. The van der Waals surface area contributed by atoms with E-state index in [-0.39, 0.29) is 36.4 Å². The number of hydrogen-bond acceptors (Lipinski definition) is 8. The fourth-order valence-electron chi connectivity index (χ4n) is 5.46. The molecule has 1 aliphatic rings. The van der Waals surface area contributed by atoms with Crippen molar-refractivity contribution in [2.24, 2.45) is 0 Å². The number of aryl methyl sites for hydroxylation is 2. The monoisotopic (exact) mass is 704 g/mol. The molecule has 11 nitrogen and oxygen atoms in total. The molecular formula is C40H65N9O2. The minimum absolute atomic E-state index is 0.0369. The number of amides is 2. The lowest BCUT2D eigenvalue weighted by Crippen LogP contribution is -2.40. The van der Waals surface area contributed by atoms with Gasteiger partial charge in [-0.15, -0.1) is 23.4 Å². The summed E-state index contributed by atoms with van der Waals surface area (Å²) < 4.78 is 0. The van der Waals surface area contributed by atoms with Gasteiger partial charge >= 0.3 is 0 Å². The Morgan fingerprint density at radius 2 is 1.71 bits per heavy atom. The molecular weight excluding hydrogens is 639 g/mol. The summed E-state index contributed by atoms with van der Waals surface area (Å²) in [7, 11) is 0. The highest BCUT2D eigenvalue weighted by atomic mass is 16.2. The Morgan fingerprint density at radius 1 is 1.02 bits per heavy atom. The topological polar surface area (TPSA) is 152 Å². The maximum Gasteiger partial charge on any atom is 0.251 e. The minimum Gasteiger partial charge on any atom is -0.350 e. The number of aromatic amines is 1. The van der Waals surface area contributed by atoms with Crippen LogP contribution in [0.25, 0.3) is 0 Å². The molecule has 1 aliphatic heterocycles. The number of aromatic nitrogens is 4. The van der Waals surface area contributed by atoms with Gasteiger partial charge in [-0.25, -0.2) is 0 Å². The fraction of sp³-hybridized carbons (Fsp3) is 0.550. The molecule has 1 aromatic heterocycles. The minimum atomic E-state index is -0.329. The van der Waals surface area contributed by atoms with Gasteiger partial charge in [0.15, 0.2) is 5.82 Å². The van der Waals surface area contributed by atoms with Gasteiger partial charge in [-0.05, 0) is 87.9 Å². The molecule has 4 N–H and O–H groups in total. The van der Waals surface area contributed by atoms with Crippen molar-refractivity contribution in [1.29, 1.82) is 5.26 Å². The van der Waals surface area contributed by atoms with E-state index in [1.54, 1.807) is 4.90 Å². The Balaban J connectivity index is 0.00000184. The number of hydrogen-bond donors (Lipinski definition) is 4. The van der Waals surface area contributed by atoms with Gasteiger partial charge in [-0.1, -0.05) is 90.1 Å². The van der Waals surface area contributed by atoms with Crippen LogP contribution in [0.15, 0.2) is 61.7 Å². The molecule has 0 radical (unpaired) electrons. The van der Waals surface area contributed by atoms with Crippen molar-refractivity contribution in [2.45, 2.75) is 118 Å². The van der Waals surface area contributed by atoms with Gasteiger partial charge in [-0.2, -0.15) is 10.5 Å². The van der Waals surface area contributed by atoms with Crippen LogP contribution in [0.1, 0.15) is 120 Å². The van der Waals surface area contributed by atoms with E-state index in [2.05, 4.69) is 88.7 Å². The quantitative estimate of drug-likeness (QED) is 0.108. The molecule has 0 bridgehead atoms. The summed E-state index contributed by atoms with van der Waals surface area (Å²) in [4.78, 5) is 27.1. The molecule has 2 heterocycles. The Kier molecular flexibility index (Phi) is 25.9. The summed E-state index contributed by atoms with van der Waals surface area (Å²) in [6.07, 6.45) is 3.79. The largest absolute Gasteiger partial charge is 0.350 e.